The van der Waals surface area contributed by atoms with Crippen LogP contribution in [0.2, 0.25) is 0 Å². The van der Waals surface area contributed by atoms with Crippen molar-refractivity contribution in [3.05, 3.63) is 101 Å². The molecule has 1 atom stereocenters. The number of esters is 1. The number of halogens is 2. The highest BCUT2D eigenvalue weighted by Gasteiger charge is 2.33. The number of benzene rings is 2. The Morgan fingerprint density at radius 3 is 2.55 bits per heavy atom. The molecule has 5 nitrogen and oxygen atoms in total. The largest absolute Gasteiger partial charge is 0.463 e. The van der Waals surface area contributed by atoms with Crippen molar-refractivity contribution in [3.8, 4) is 0 Å². The van der Waals surface area contributed by atoms with Crippen molar-refractivity contribution in [3.63, 3.8) is 0 Å². The molecular weight excluding hydrogens is 483 g/mol. The Balaban J connectivity index is 1.94. The highest BCUT2D eigenvalue weighted by Crippen LogP contribution is 2.30. The third-order valence-electron chi connectivity index (χ3n) is 4.87. The van der Waals surface area contributed by atoms with Crippen LogP contribution in [-0.2, 0) is 9.53 Å². The Hall–Kier alpha value is -2.84. The van der Waals surface area contributed by atoms with Gasteiger partial charge >= 0.3 is 5.97 Å². The van der Waals surface area contributed by atoms with Crippen LogP contribution in [0.25, 0.3) is 6.08 Å². The Morgan fingerprint density at radius 1 is 1.23 bits per heavy atom. The van der Waals surface area contributed by atoms with Crippen molar-refractivity contribution in [1.82, 2.24) is 4.57 Å². The number of carbonyl (C=O) groups is 1. The van der Waals surface area contributed by atoms with Gasteiger partial charge in [-0.25, -0.2) is 14.2 Å². The Kier molecular flexibility index (Phi) is 6.02. The number of rotatable bonds is 4. The number of hydrogen-bond donors (Lipinski definition) is 0. The number of allylic oxidation sites excluding steroid dienone is 1. The van der Waals surface area contributed by atoms with Crippen molar-refractivity contribution in [2.75, 3.05) is 6.61 Å². The summed E-state index contributed by atoms with van der Waals surface area (Å²) < 4.78 is 21.7. The first-order valence-electron chi connectivity index (χ1n) is 9.59. The maximum Gasteiger partial charge on any atom is 0.338 e. The van der Waals surface area contributed by atoms with Crippen LogP contribution in [0.1, 0.15) is 31.0 Å². The minimum atomic E-state index is -0.747. The second-order valence-corrected chi connectivity index (χ2v) is 8.83. The Labute approximate surface area is 190 Å². The SMILES string of the molecule is CCOC(=O)C1=C(C)N=c2s/c(=C\c3ccc(Br)cc3)c(=O)n2C1c1ccc(F)cc1. The Morgan fingerprint density at radius 2 is 1.90 bits per heavy atom. The average molecular weight is 501 g/mol. The van der Waals surface area contributed by atoms with E-state index < -0.39 is 17.8 Å². The zero-order valence-electron chi connectivity index (χ0n) is 16.8. The normalized spacial score (nSPS) is 16.1. The summed E-state index contributed by atoms with van der Waals surface area (Å²) in [6.45, 7) is 3.63. The lowest BCUT2D eigenvalue weighted by Crippen LogP contribution is -2.39. The summed E-state index contributed by atoms with van der Waals surface area (Å²) in [6, 6.07) is 12.6. The Bertz CT molecular complexity index is 1360. The van der Waals surface area contributed by atoms with Crippen LogP contribution in [0.15, 0.2) is 74.1 Å². The number of ether oxygens (including phenoxy) is 1. The fraction of sp³-hybridized carbons (Fsp3) is 0.174. The molecule has 0 amide bonds. The standard InChI is InChI=1S/C23H18BrFN2O3S/c1-3-30-22(29)19-13(2)26-23-27(20(19)15-6-10-17(25)11-7-15)21(28)18(31-23)12-14-4-8-16(24)9-5-14/h4-12,20H,3H2,1-2H3/b18-12-. The first-order valence-corrected chi connectivity index (χ1v) is 11.2. The van der Waals surface area contributed by atoms with Crippen molar-refractivity contribution in [2.45, 2.75) is 19.9 Å². The van der Waals surface area contributed by atoms with Crippen LogP contribution in [0.5, 0.6) is 0 Å². The number of aromatic nitrogens is 1. The fourth-order valence-corrected chi connectivity index (χ4v) is 4.77. The lowest BCUT2D eigenvalue weighted by atomic mass is 9.96. The second kappa shape index (κ2) is 8.72. The number of thiazole rings is 1. The summed E-state index contributed by atoms with van der Waals surface area (Å²) in [5.74, 6) is -0.940. The van der Waals surface area contributed by atoms with E-state index in [9.17, 15) is 14.0 Å². The summed E-state index contributed by atoms with van der Waals surface area (Å²) in [4.78, 5) is 31.2. The van der Waals surface area contributed by atoms with Gasteiger partial charge in [0, 0.05) is 4.47 Å². The van der Waals surface area contributed by atoms with Crippen LogP contribution in [0.4, 0.5) is 4.39 Å². The molecule has 1 aliphatic heterocycles. The van der Waals surface area contributed by atoms with Gasteiger partial charge in [0.15, 0.2) is 4.80 Å². The molecule has 4 rings (SSSR count). The second-order valence-electron chi connectivity index (χ2n) is 6.91. The highest BCUT2D eigenvalue weighted by atomic mass is 79.9. The van der Waals surface area contributed by atoms with Gasteiger partial charge in [0.05, 0.1) is 28.5 Å². The topological polar surface area (TPSA) is 60.7 Å². The molecule has 1 aromatic heterocycles. The summed E-state index contributed by atoms with van der Waals surface area (Å²) >= 11 is 4.65. The van der Waals surface area contributed by atoms with E-state index in [2.05, 4.69) is 20.9 Å². The maximum absolute atomic E-state index is 13.6. The van der Waals surface area contributed by atoms with Gasteiger partial charge in [0.1, 0.15) is 5.82 Å². The van der Waals surface area contributed by atoms with Gasteiger partial charge in [0.2, 0.25) is 0 Å². The zero-order chi connectivity index (χ0) is 22.1. The molecule has 0 radical (unpaired) electrons. The first-order chi connectivity index (χ1) is 14.9. The molecule has 0 bridgehead atoms. The molecule has 0 saturated carbocycles. The van der Waals surface area contributed by atoms with E-state index in [4.69, 9.17) is 4.74 Å². The molecule has 158 valence electrons. The summed E-state index contributed by atoms with van der Waals surface area (Å²) in [5, 5.41) is 0. The van der Waals surface area contributed by atoms with E-state index in [1.165, 1.54) is 28.0 Å². The van der Waals surface area contributed by atoms with Crippen molar-refractivity contribution < 1.29 is 13.9 Å². The monoisotopic (exact) mass is 500 g/mol. The van der Waals surface area contributed by atoms with Crippen molar-refractivity contribution in [2.24, 2.45) is 4.99 Å². The van der Waals surface area contributed by atoms with Crippen LogP contribution in [0, 0.1) is 5.82 Å². The van der Waals surface area contributed by atoms with Gasteiger partial charge in [-0.1, -0.05) is 51.5 Å². The van der Waals surface area contributed by atoms with Crippen molar-refractivity contribution >= 4 is 39.3 Å². The van der Waals surface area contributed by atoms with Gasteiger partial charge in [-0.15, -0.1) is 0 Å². The molecule has 31 heavy (non-hydrogen) atoms. The van der Waals surface area contributed by atoms with Crippen molar-refractivity contribution in [1.29, 1.82) is 0 Å². The lowest BCUT2D eigenvalue weighted by Gasteiger charge is -2.24. The molecule has 1 aliphatic rings. The average Bonchev–Trinajstić information content (AvgIpc) is 3.04. The number of nitrogens with zero attached hydrogens (tertiary/aromatic N) is 2. The number of fused-ring (bicyclic) bond motifs is 1. The first kappa shape index (κ1) is 21.4. The molecule has 2 aromatic carbocycles. The molecule has 1 unspecified atom stereocenters. The summed E-state index contributed by atoms with van der Waals surface area (Å²) in [7, 11) is 0. The number of hydrogen-bond acceptors (Lipinski definition) is 5. The molecule has 0 spiro atoms. The minimum absolute atomic E-state index is 0.194. The lowest BCUT2D eigenvalue weighted by molar-refractivity contribution is -0.139. The molecule has 8 heteroatoms. The fourth-order valence-electron chi connectivity index (χ4n) is 3.46. The molecule has 0 fully saturated rings. The van der Waals surface area contributed by atoms with E-state index in [0.717, 1.165) is 10.0 Å². The number of carbonyl (C=O) groups excluding carboxylic acids is 1. The van der Waals surface area contributed by atoms with E-state index in [-0.39, 0.29) is 17.7 Å². The third kappa shape index (κ3) is 4.18. The molecule has 2 heterocycles. The van der Waals surface area contributed by atoms with Crippen LogP contribution < -0.4 is 14.9 Å². The minimum Gasteiger partial charge on any atom is -0.463 e. The van der Waals surface area contributed by atoms with Gasteiger partial charge < -0.3 is 4.74 Å². The van der Waals surface area contributed by atoms with E-state index in [1.54, 1.807) is 32.1 Å². The molecule has 0 saturated heterocycles. The molecule has 3 aromatic rings. The molecule has 0 aliphatic carbocycles. The molecular formula is C23H18BrFN2O3S. The summed E-state index contributed by atoms with van der Waals surface area (Å²) in [6.07, 6.45) is 1.79. The van der Waals surface area contributed by atoms with E-state index >= 15 is 0 Å². The third-order valence-corrected chi connectivity index (χ3v) is 6.38. The van der Waals surface area contributed by atoms with Crippen LogP contribution in [-0.4, -0.2) is 17.1 Å². The molecule has 0 N–H and O–H groups in total. The predicted molar refractivity (Wildman–Crippen MR) is 121 cm³/mol. The predicted octanol–water partition coefficient (Wildman–Crippen LogP) is 3.70. The smallest absolute Gasteiger partial charge is 0.338 e. The highest BCUT2D eigenvalue weighted by molar-refractivity contribution is 9.10. The van der Waals surface area contributed by atoms with E-state index in [0.29, 0.717) is 20.6 Å². The van der Waals surface area contributed by atoms with Crippen LogP contribution >= 0.6 is 27.3 Å². The van der Waals surface area contributed by atoms with Gasteiger partial charge in [-0.3, -0.25) is 9.36 Å². The van der Waals surface area contributed by atoms with Gasteiger partial charge in [0.25, 0.3) is 5.56 Å². The van der Waals surface area contributed by atoms with Gasteiger partial charge in [-0.2, -0.15) is 0 Å². The zero-order valence-corrected chi connectivity index (χ0v) is 19.2. The van der Waals surface area contributed by atoms with E-state index in [1.807, 2.05) is 24.3 Å². The maximum atomic E-state index is 13.6. The summed E-state index contributed by atoms with van der Waals surface area (Å²) in [5.41, 5.74) is 1.96. The van der Waals surface area contributed by atoms with Crippen LogP contribution in [0.3, 0.4) is 0 Å². The van der Waals surface area contributed by atoms with Gasteiger partial charge in [-0.05, 0) is 55.3 Å². The quantitative estimate of drug-likeness (QED) is 0.513.